The summed E-state index contributed by atoms with van der Waals surface area (Å²) in [7, 11) is 0. The van der Waals surface area contributed by atoms with Crippen LogP contribution in [-0.4, -0.2) is 9.97 Å². The summed E-state index contributed by atoms with van der Waals surface area (Å²) in [5.74, 6) is 1.46. The van der Waals surface area contributed by atoms with Gasteiger partial charge in [-0.1, -0.05) is 48.3 Å². The van der Waals surface area contributed by atoms with Crippen LogP contribution in [0.3, 0.4) is 0 Å². The molecule has 0 atom stereocenters. The Morgan fingerprint density at radius 2 is 1.81 bits per heavy atom. The Balaban J connectivity index is 2.20. The number of rotatable bonds is 3. The monoisotopic (exact) mass is 317 g/mol. The van der Waals surface area contributed by atoms with E-state index in [4.69, 9.17) is 23.2 Å². The van der Waals surface area contributed by atoms with Gasteiger partial charge in [0, 0.05) is 22.5 Å². The average Bonchev–Trinajstić information content (AvgIpc) is 2.49. The lowest BCUT2D eigenvalue weighted by Crippen LogP contribution is -2.01. The van der Waals surface area contributed by atoms with E-state index in [1.165, 1.54) is 0 Å². The summed E-state index contributed by atoms with van der Waals surface area (Å²) in [6.45, 7) is 2.01. The van der Waals surface area contributed by atoms with Gasteiger partial charge < -0.3 is 5.32 Å². The highest BCUT2D eigenvalue weighted by Crippen LogP contribution is 2.31. The third-order valence-corrected chi connectivity index (χ3v) is 3.62. The molecule has 0 spiro atoms. The normalized spacial score (nSPS) is 10.8. The van der Waals surface area contributed by atoms with Gasteiger partial charge in [0.15, 0.2) is 0 Å². The molecule has 0 bridgehead atoms. The zero-order chi connectivity index (χ0) is 14.8. The van der Waals surface area contributed by atoms with Crippen molar-refractivity contribution in [3.8, 4) is 0 Å². The Kier molecular flexibility index (Phi) is 3.95. The number of aryl methyl sites for hydroxylation is 1. The minimum Gasteiger partial charge on any atom is -0.340 e. The van der Waals surface area contributed by atoms with E-state index in [1.807, 2.05) is 43.3 Å². The minimum atomic E-state index is 0.533. The SMILES string of the molecule is CCc1nc(Nc2ccccc2)c2cc(Cl)cc(Cl)c2n1. The Bertz CT molecular complexity index is 788. The zero-order valence-corrected chi connectivity index (χ0v) is 12.9. The van der Waals surface area contributed by atoms with E-state index in [9.17, 15) is 0 Å². The number of nitrogens with one attached hydrogen (secondary N) is 1. The molecule has 5 heteroatoms. The van der Waals surface area contributed by atoms with Gasteiger partial charge in [-0.15, -0.1) is 0 Å². The first kappa shape index (κ1) is 14.1. The lowest BCUT2D eigenvalue weighted by molar-refractivity contribution is 0.964. The first-order valence-corrected chi connectivity index (χ1v) is 7.40. The van der Waals surface area contributed by atoms with Gasteiger partial charge in [0.05, 0.1) is 10.5 Å². The summed E-state index contributed by atoms with van der Waals surface area (Å²) in [4.78, 5) is 9.05. The molecule has 0 aliphatic heterocycles. The molecule has 106 valence electrons. The third-order valence-electron chi connectivity index (χ3n) is 3.12. The van der Waals surface area contributed by atoms with Gasteiger partial charge in [0.25, 0.3) is 0 Å². The van der Waals surface area contributed by atoms with Crippen molar-refractivity contribution in [1.29, 1.82) is 0 Å². The van der Waals surface area contributed by atoms with Crippen molar-refractivity contribution in [2.24, 2.45) is 0 Å². The number of nitrogens with zero attached hydrogens (tertiary/aromatic N) is 2. The first-order valence-electron chi connectivity index (χ1n) is 6.65. The molecule has 1 N–H and O–H groups in total. The largest absolute Gasteiger partial charge is 0.340 e. The highest BCUT2D eigenvalue weighted by Gasteiger charge is 2.11. The summed E-state index contributed by atoms with van der Waals surface area (Å²) in [5.41, 5.74) is 1.67. The molecule has 21 heavy (non-hydrogen) atoms. The van der Waals surface area contributed by atoms with Crippen LogP contribution in [-0.2, 0) is 6.42 Å². The molecule has 0 saturated carbocycles. The van der Waals surface area contributed by atoms with E-state index in [0.29, 0.717) is 21.4 Å². The van der Waals surface area contributed by atoms with Crippen LogP contribution in [0.4, 0.5) is 11.5 Å². The maximum atomic E-state index is 6.26. The van der Waals surface area contributed by atoms with Crippen LogP contribution >= 0.6 is 23.2 Å². The molecule has 1 heterocycles. The molecule has 0 aliphatic rings. The van der Waals surface area contributed by atoms with Crippen LogP contribution in [0.1, 0.15) is 12.7 Å². The molecule has 0 radical (unpaired) electrons. The average molecular weight is 318 g/mol. The maximum absolute atomic E-state index is 6.26. The molecule has 0 fully saturated rings. The number of fused-ring (bicyclic) bond motifs is 1. The van der Waals surface area contributed by atoms with Crippen LogP contribution < -0.4 is 5.32 Å². The van der Waals surface area contributed by atoms with Gasteiger partial charge in [-0.25, -0.2) is 9.97 Å². The fraction of sp³-hybridized carbons (Fsp3) is 0.125. The van der Waals surface area contributed by atoms with Crippen LogP contribution in [0.2, 0.25) is 10.0 Å². The Morgan fingerprint density at radius 1 is 1.05 bits per heavy atom. The number of para-hydroxylation sites is 1. The lowest BCUT2D eigenvalue weighted by Gasteiger charge is -2.11. The van der Waals surface area contributed by atoms with Crippen molar-refractivity contribution in [3.05, 3.63) is 58.3 Å². The van der Waals surface area contributed by atoms with Gasteiger partial charge >= 0.3 is 0 Å². The quantitative estimate of drug-likeness (QED) is 0.717. The number of hydrogen-bond donors (Lipinski definition) is 1. The van der Waals surface area contributed by atoms with Crippen LogP contribution in [0.5, 0.6) is 0 Å². The second-order valence-electron chi connectivity index (χ2n) is 4.62. The smallest absolute Gasteiger partial charge is 0.142 e. The van der Waals surface area contributed by atoms with Crippen LogP contribution in [0.25, 0.3) is 10.9 Å². The van der Waals surface area contributed by atoms with Gasteiger partial charge in [0.1, 0.15) is 11.6 Å². The molecule has 0 aliphatic carbocycles. The standard InChI is InChI=1S/C16H13Cl2N3/c1-2-14-20-15-12(8-10(17)9-13(15)18)16(21-14)19-11-6-4-3-5-7-11/h3-9H,2H2,1H3,(H,19,20,21). The molecule has 2 aromatic carbocycles. The first-order chi connectivity index (χ1) is 10.2. The fourth-order valence-electron chi connectivity index (χ4n) is 2.12. The summed E-state index contributed by atoms with van der Waals surface area (Å²) in [6.07, 6.45) is 0.734. The van der Waals surface area contributed by atoms with E-state index in [2.05, 4.69) is 15.3 Å². The fourth-order valence-corrected chi connectivity index (χ4v) is 2.65. The van der Waals surface area contributed by atoms with Crippen LogP contribution in [0, 0.1) is 0 Å². The number of aromatic nitrogens is 2. The van der Waals surface area contributed by atoms with E-state index in [0.717, 1.165) is 23.3 Å². The van der Waals surface area contributed by atoms with Crippen molar-refractivity contribution in [2.75, 3.05) is 5.32 Å². The van der Waals surface area contributed by atoms with Gasteiger partial charge in [0.2, 0.25) is 0 Å². The summed E-state index contributed by atoms with van der Waals surface area (Å²) >= 11 is 12.4. The maximum Gasteiger partial charge on any atom is 0.142 e. The summed E-state index contributed by atoms with van der Waals surface area (Å²) in [6, 6.07) is 13.4. The minimum absolute atomic E-state index is 0.533. The molecular formula is C16H13Cl2N3. The molecule has 3 rings (SSSR count). The van der Waals surface area contributed by atoms with Crippen molar-refractivity contribution < 1.29 is 0 Å². The van der Waals surface area contributed by atoms with E-state index < -0.39 is 0 Å². The summed E-state index contributed by atoms with van der Waals surface area (Å²) in [5, 5.41) is 5.22. The molecule has 0 amide bonds. The van der Waals surface area contributed by atoms with Crippen LogP contribution in [0.15, 0.2) is 42.5 Å². The molecule has 1 aromatic heterocycles. The van der Waals surface area contributed by atoms with Crippen molar-refractivity contribution >= 4 is 45.6 Å². The topological polar surface area (TPSA) is 37.8 Å². The van der Waals surface area contributed by atoms with E-state index in [-0.39, 0.29) is 0 Å². The number of benzene rings is 2. The Morgan fingerprint density at radius 3 is 2.52 bits per heavy atom. The van der Waals surface area contributed by atoms with Gasteiger partial charge in [-0.05, 0) is 24.3 Å². The highest BCUT2D eigenvalue weighted by molar-refractivity contribution is 6.38. The molecule has 0 unspecified atom stereocenters. The Labute approximate surface area is 132 Å². The number of anilines is 2. The number of halogens is 2. The second-order valence-corrected chi connectivity index (χ2v) is 5.46. The second kappa shape index (κ2) is 5.88. The van der Waals surface area contributed by atoms with Gasteiger partial charge in [-0.2, -0.15) is 0 Å². The van der Waals surface area contributed by atoms with E-state index in [1.54, 1.807) is 6.07 Å². The molecular weight excluding hydrogens is 305 g/mol. The predicted molar refractivity (Wildman–Crippen MR) is 88.7 cm³/mol. The zero-order valence-electron chi connectivity index (χ0n) is 11.4. The van der Waals surface area contributed by atoms with Crippen molar-refractivity contribution in [2.45, 2.75) is 13.3 Å². The summed E-state index contributed by atoms with van der Waals surface area (Å²) < 4.78 is 0. The third kappa shape index (κ3) is 2.94. The predicted octanol–water partition coefficient (Wildman–Crippen LogP) is 5.24. The van der Waals surface area contributed by atoms with Crippen molar-refractivity contribution in [1.82, 2.24) is 9.97 Å². The molecule has 3 nitrogen and oxygen atoms in total. The van der Waals surface area contributed by atoms with Crippen molar-refractivity contribution in [3.63, 3.8) is 0 Å². The van der Waals surface area contributed by atoms with E-state index >= 15 is 0 Å². The highest BCUT2D eigenvalue weighted by atomic mass is 35.5. The molecule has 3 aromatic rings. The van der Waals surface area contributed by atoms with Gasteiger partial charge in [-0.3, -0.25) is 0 Å². The lowest BCUT2D eigenvalue weighted by atomic mass is 10.2. The molecule has 0 saturated heterocycles. The number of hydrogen-bond acceptors (Lipinski definition) is 3. The Hall–Kier alpha value is -1.84.